The molecule has 0 spiro atoms. The van der Waals surface area contributed by atoms with E-state index in [9.17, 15) is 9.59 Å². The zero-order chi connectivity index (χ0) is 22.1. The Labute approximate surface area is 183 Å². The number of ether oxygens (including phenoxy) is 1. The first-order chi connectivity index (χ1) is 15.1. The monoisotopic (exact) mass is 416 g/mol. The second kappa shape index (κ2) is 11.0. The maximum Gasteiger partial charge on any atom is 0.260 e. The van der Waals surface area contributed by atoms with Crippen molar-refractivity contribution in [3.8, 4) is 5.75 Å². The van der Waals surface area contributed by atoms with Crippen LogP contribution in [-0.4, -0.2) is 24.5 Å². The molecule has 0 radical (unpaired) electrons. The fourth-order valence-electron chi connectivity index (χ4n) is 3.31. The SMILES string of the molecule is CC[C@@H](CNC(=O)[C@H](C)Oc1ccccc1C(=O)Nc1ccccc1)c1ccccc1. The van der Waals surface area contributed by atoms with Gasteiger partial charge in [-0.1, -0.05) is 67.6 Å². The summed E-state index contributed by atoms with van der Waals surface area (Å²) in [6.45, 7) is 4.32. The molecule has 0 aromatic heterocycles. The van der Waals surface area contributed by atoms with Crippen LogP contribution in [0.5, 0.6) is 5.75 Å². The van der Waals surface area contributed by atoms with E-state index in [2.05, 4.69) is 29.7 Å². The van der Waals surface area contributed by atoms with Crippen molar-refractivity contribution in [1.82, 2.24) is 5.32 Å². The Morgan fingerprint density at radius 3 is 2.16 bits per heavy atom. The van der Waals surface area contributed by atoms with E-state index in [0.29, 0.717) is 23.5 Å². The number of para-hydroxylation sites is 2. The molecule has 0 bridgehead atoms. The molecule has 0 saturated heterocycles. The zero-order valence-electron chi connectivity index (χ0n) is 17.9. The van der Waals surface area contributed by atoms with Gasteiger partial charge in [0.2, 0.25) is 0 Å². The molecule has 31 heavy (non-hydrogen) atoms. The van der Waals surface area contributed by atoms with Crippen LogP contribution in [-0.2, 0) is 4.79 Å². The van der Waals surface area contributed by atoms with Crippen LogP contribution in [0.3, 0.4) is 0 Å². The first-order valence-electron chi connectivity index (χ1n) is 10.5. The Balaban J connectivity index is 1.61. The van der Waals surface area contributed by atoms with Crippen LogP contribution in [0.15, 0.2) is 84.9 Å². The minimum absolute atomic E-state index is 0.215. The predicted octanol–water partition coefficient (Wildman–Crippen LogP) is 5.02. The number of anilines is 1. The highest BCUT2D eigenvalue weighted by molar-refractivity contribution is 6.06. The van der Waals surface area contributed by atoms with Gasteiger partial charge in [-0.05, 0) is 43.2 Å². The highest BCUT2D eigenvalue weighted by atomic mass is 16.5. The highest BCUT2D eigenvalue weighted by Gasteiger charge is 2.20. The third kappa shape index (κ3) is 6.19. The van der Waals surface area contributed by atoms with Gasteiger partial charge in [-0.3, -0.25) is 9.59 Å². The largest absolute Gasteiger partial charge is 0.480 e. The third-order valence-electron chi connectivity index (χ3n) is 5.12. The lowest BCUT2D eigenvalue weighted by molar-refractivity contribution is -0.127. The topological polar surface area (TPSA) is 67.4 Å². The molecule has 0 aliphatic heterocycles. The van der Waals surface area contributed by atoms with Gasteiger partial charge in [0.25, 0.3) is 11.8 Å². The molecule has 0 aliphatic carbocycles. The maximum atomic E-state index is 12.7. The molecule has 2 amide bonds. The molecule has 2 atom stereocenters. The van der Waals surface area contributed by atoms with Crippen LogP contribution in [0, 0.1) is 0 Å². The number of hydrogen-bond acceptors (Lipinski definition) is 3. The summed E-state index contributed by atoms with van der Waals surface area (Å²) >= 11 is 0. The molecule has 0 saturated carbocycles. The van der Waals surface area contributed by atoms with Crippen LogP contribution >= 0.6 is 0 Å². The Hall–Kier alpha value is -3.60. The highest BCUT2D eigenvalue weighted by Crippen LogP contribution is 2.22. The van der Waals surface area contributed by atoms with Crippen molar-refractivity contribution in [3.63, 3.8) is 0 Å². The van der Waals surface area contributed by atoms with E-state index in [0.717, 1.165) is 6.42 Å². The second-order valence-electron chi connectivity index (χ2n) is 7.34. The molecule has 3 aromatic carbocycles. The van der Waals surface area contributed by atoms with Crippen molar-refractivity contribution in [2.45, 2.75) is 32.3 Å². The Bertz CT molecular complexity index is 990. The number of rotatable bonds is 9. The molecular formula is C26H28N2O3. The molecule has 3 rings (SSSR count). The van der Waals surface area contributed by atoms with Gasteiger partial charge in [0.05, 0.1) is 5.56 Å². The Kier molecular flexibility index (Phi) is 7.82. The van der Waals surface area contributed by atoms with Gasteiger partial charge in [-0.2, -0.15) is 0 Å². The lowest BCUT2D eigenvalue weighted by Gasteiger charge is -2.20. The molecule has 0 unspecified atom stereocenters. The number of carbonyl (C=O) groups is 2. The quantitative estimate of drug-likeness (QED) is 0.515. The number of benzene rings is 3. The van der Waals surface area contributed by atoms with E-state index < -0.39 is 6.10 Å². The summed E-state index contributed by atoms with van der Waals surface area (Å²) in [7, 11) is 0. The number of hydrogen-bond donors (Lipinski definition) is 2. The van der Waals surface area contributed by atoms with Crippen molar-refractivity contribution in [2.24, 2.45) is 0 Å². The lowest BCUT2D eigenvalue weighted by atomic mass is 9.96. The van der Waals surface area contributed by atoms with E-state index in [-0.39, 0.29) is 17.7 Å². The molecule has 0 fully saturated rings. The summed E-state index contributed by atoms with van der Waals surface area (Å²) in [5.74, 6) is 0.104. The lowest BCUT2D eigenvalue weighted by Crippen LogP contribution is -2.38. The van der Waals surface area contributed by atoms with Crippen molar-refractivity contribution >= 4 is 17.5 Å². The van der Waals surface area contributed by atoms with Gasteiger partial charge < -0.3 is 15.4 Å². The van der Waals surface area contributed by atoms with Crippen molar-refractivity contribution in [3.05, 3.63) is 96.1 Å². The van der Waals surface area contributed by atoms with Crippen molar-refractivity contribution in [2.75, 3.05) is 11.9 Å². The van der Waals surface area contributed by atoms with Crippen LogP contribution < -0.4 is 15.4 Å². The fourth-order valence-corrected chi connectivity index (χ4v) is 3.31. The number of carbonyl (C=O) groups excluding carboxylic acids is 2. The minimum Gasteiger partial charge on any atom is -0.480 e. The van der Waals surface area contributed by atoms with Crippen LogP contribution in [0.4, 0.5) is 5.69 Å². The summed E-state index contributed by atoms with van der Waals surface area (Å²) in [6.07, 6.45) is 0.182. The maximum absolute atomic E-state index is 12.7. The van der Waals surface area contributed by atoms with Gasteiger partial charge in [0.15, 0.2) is 6.10 Å². The molecule has 3 aromatic rings. The summed E-state index contributed by atoms with van der Waals surface area (Å²) in [5.41, 5.74) is 2.27. The van der Waals surface area contributed by atoms with Crippen LogP contribution in [0.2, 0.25) is 0 Å². The molecule has 0 heterocycles. The molecular weight excluding hydrogens is 388 g/mol. The summed E-state index contributed by atoms with van der Waals surface area (Å²) in [5, 5.41) is 5.82. The average Bonchev–Trinajstić information content (AvgIpc) is 2.81. The normalized spacial score (nSPS) is 12.5. The fraction of sp³-hybridized carbons (Fsp3) is 0.231. The zero-order valence-corrected chi connectivity index (χ0v) is 17.9. The minimum atomic E-state index is -0.737. The van der Waals surface area contributed by atoms with E-state index >= 15 is 0 Å². The summed E-state index contributed by atoms with van der Waals surface area (Å²) in [6, 6.07) is 26.3. The standard InChI is InChI=1S/C26H28N2O3/c1-3-20(21-12-6-4-7-13-21)18-27-25(29)19(2)31-24-17-11-10-16-23(24)26(30)28-22-14-8-5-9-15-22/h4-17,19-20H,3,18H2,1-2H3,(H,27,29)(H,28,30)/t19-,20-/m0/s1. The van der Waals surface area contributed by atoms with E-state index in [1.54, 1.807) is 31.2 Å². The van der Waals surface area contributed by atoms with Gasteiger partial charge in [-0.15, -0.1) is 0 Å². The molecule has 5 heteroatoms. The third-order valence-corrected chi connectivity index (χ3v) is 5.12. The van der Waals surface area contributed by atoms with Gasteiger partial charge >= 0.3 is 0 Å². The smallest absolute Gasteiger partial charge is 0.260 e. The van der Waals surface area contributed by atoms with Gasteiger partial charge in [-0.25, -0.2) is 0 Å². The number of amides is 2. The van der Waals surface area contributed by atoms with Crippen molar-refractivity contribution < 1.29 is 14.3 Å². The second-order valence-corrected chi connectivity index (χ2v) is 7.34. The predicted molar refractivity (Wildman–Crippen MR) is 123 cm³/mol. The van der Waals surface area contributed by atoms with Crippen LogP contribution in [0.1, 0.15) is 42.1 Å². The molecule has 0 aliphatic rings. The molecule has 5 nitrogen and oxygen atoms in total. The Morgan fingerprint density at radius 1 is 0.871 bits per heavy atom. The first kappa shape index (κ1) is 22.1. The van der Waals surface area contributed by atoms with E-state index in [4.69, 9.17) is 4.74 Å². The van der Waals surface area contributed by atoms with Crippen molar-refractivity contribution in [1.29, 1.82) is 0 Å². The Morgan fingerprint density at radius 2 is 1.48 bits per heavy atom. The molecule has 160 valence electrons. The molecule has 2 N–H and O–H groups in total. The van der Waals surface area contributed by atoms with Crippen LogP contribution in [0.25, 0.3) is 0 Å². The van der Waals surface area contributed by atoms with Gasteiger partial charge in [0, 0.05) is 18.2 Å². The number of nitrogens with one attached hydrogen (secondary N) is 2. The van der Waals surface area contributed by atoms with E-state index in [1.807, 2.05) is 48.5 Å². The summed E-state index contributed by atoms with van der Waals surface area (Å²) in [4.78, 5) is 25.3. The first-order valence-corrected chi connectivity index (χ1v) is 10.5. The average molecular weight is 417 g/mol. The van der Waals surface area contributed by atoms with Gasteiger partial charge in [0.1, 0.15) is 5.75 Å². The van der Waals surface area contributed by atoms with E-state index in [1.165, 1.54) is 5.56 Å². The summed E-state index contributed by atoms with van der Waals surface area (Å²) < 4.78 is 5.86.